The van der Waals surface area contributed by atoms with Crippen LogP contribution in [0.25, 0.3) is 0 Å². The van der Waals surface area contributed by atoms with Crippen molar-refractivity contribution < 1.29 is 9.22 Å². The molecule has 0 spiro atoms. The Bertz CT molecular complexity index is 302. The average Bonchev–Trinajstić information content (AvgIpc) is 2.44. The fraction of sp³-hybridized carbons (Fsp3) is 0.786. The first-order valence-corrected chi connectivity index (χ1v) is 9.38. The van der Waals surface area contributed by atoms with Crippen LogP contribution >= 0.6 is 0 Å². The first kappa shape index (κ1) is 14.6. The summed E-state index contributed by atoms with van der Waals surface area (Å²) in [5.41, 5.74) is 0. The molecule has 1 saturated carbocycles. The van der Waals surface area contributed by atoms with E-state index in [1.807, 2.05) is 6.08 Å². The second-order valence-corrected chi connectivity index (χ2v) is 11.4. The zero-order valence-corrected chi connectivity index (χ0v) is 12.9. The molecule has 3 heteroatoms. The van der Waals surface area contributed by atoms with E-state index >= 15 is 0 Å². The number of carbonyl (C=O) groups excluding carboxylic acids is 1. The highest BCUT2D eigenvalue weighted by Crippen LogP contribution is 2.40. The first-order valence-electron chi connectivity index (χ1n) is 6.48. The van der Waals surface area contributed by atoms with E-state index in [0.717, 1.165) is 6.42 Å². The molecule has 0 radical (unpaired) electrons. The standard InChI is InChI=1S/C14H26O2Si/c1-7-8-11-9-12(15)10-13(11)16-17(5,6)14(2,3)4/h7,11,13H,1,8-10H2,2-6H3/t11-,13+/m0/s1. The molecule has 2 atom stereocenters. The molecular weight excluding hydrogens is 228 g/mol. The lowest BCUT2D eigenvalue weighted by molar-refractivity contribution is -0.117. The second-order valence-electron chi connectivity index (χ2n) is 6.65. The van der Waals surface area contributed by atoms with Crippen LogP contribution in [0.5, 0.6) is 0 Å². The molecule has 1 fully saturated rings. The summed E-state index contributed by atoms with van der Waals surface area (Å²) in [5.74, 6) is 0.703. The molecule has 0 N–H and O–H groups in total. The van der Waals surface area contributed by atoms with Gasteiger partial charge in [0, 0.05) is 12.8 Å². The zero-order valence-electron chi connectivity index (χ0n) is 11.9. The van der Waals surface area contributed by atoms with Crippen molar-refractivity contribution in [3.05, 3.63) is 12.7 Å². The number of hydrogen-bond acceptors (Lipinski definition) is 2. The molecule has 2 nitrogen and oxygen atoms in total. The van der Waals surface area contributed by atoms with Crippen LogP contribution in [0.15, 0.2) is 12.7 Å². The predicted octanol–water partition coefficient (Wildman–Crippen LogP) is 3.93. The van der Waals surface area contributed by atoms with Crippen LogP contribution in [0.3, 0.4) is 0 Å². The third-order valence-corrected chi connectivity index (χ3v) is 8.67. The van der Waals surface area contributed by atoms with E-state index in [1.54, 1.807) is 0 Å². The smallest absolute Gasteiger partial charge is 0.192 e. The topological polar surface area (TPSA) is 26.3 Å². The monoisotopic (exact) mass is 254 g/mol. The van der Waals surface area contributed by atoms with E-state index in [-0.39, 0.29) is 11.1 Å². The Kier molecular flexibility index (Phi) is 4.36. The molecule has 0 unspecified atom stereocenters. The van der Waals surface area contributed by atoms with Crippen LogP contribution in [0, 0.1) is 5.92 Å². The van der Waals surface area contributed by atoms with Crippen LogP contribution < -0.4 is 0 Å². The van der Waals surface area contributed by atoms with E-state index in [9.17, 15) is 4.79 Å². The summed E-state index contributed by atoms with van der Waals surface area (Å²) in [4.78, 5) is 11.6. The summed E-state index contributed by atoms with van der Waals surface area (Å²) in [5, 5.41) is 0.206. The zero-order chi connectivity index (χ0) is 13.3. The van der Waals surface area contributed by atoms with Gasteiger partial charge in [0.1, 0.15) is 5.78 Å². The van der Waals surface area contributed by atoms with Crippen LogP contribution in [-0.4, -0.2) is 20.2 Å². The number of hydrogen-bond donors (Lipinski definition) is 0. The van der Waals surface area contributed by atoms with Gasteiger partial charge < -0.3 is 4.43 Å². The van der Waals surface area contributed by atoms with E-state index in [1.165, 1.54) is 0 Å². The Morgan fingerprint density at radius 2 is 2.00 bits per heavy atom. The SMILES string of the molecule is C=CC[C@H]1CC(=O)C[C@H]1O[Si](C)(C)C(C)(C)C. The van der Waals surface area contributed by atoms with Gasteiger partial charge >= 0.3 is 0 Å². The lowest BCUT2D eigenvalue weighted by Gasteiger charge is -2.39. The van der Waals surface area contributed by atoms with Crippen molar-refractivity contribution in [2.75, 3.05) is 0 Å². The molecule has 17 heavy (non-hydrogen) atoms. The molecule has 98 valence electrons. The van der Waals surface area contributed by atoms with Gasteiger partial charge in [0.25, 0.3) is 0 Å². The maximum Gasteiger partial charge on any atom is 0.192 e. The highest BCUT2D eigenvalue weighted by Gasteiger charge is 2.43. The van der Waals surface area contributed by atoms with Crippen LogP contribution in [0.4, 0.5) is 0 Å². The highest BCUT2D eigenvalue weighted by molar-refractivity contribution is 6.74. The maximum absolute atomic E-state index is 11.6. The number of carbonyl (C=O) groups is 1. The second kappa shape index (κ2) is 5.07. The summed E-state index contributed by atoms with van der Waals surface area (Å²) in [7, 11) is -1.76. The molecule has 0 aliphatic heterocycles. The molecule has 1 aliphatic rings. The van der Waals surface area contributed by atoms with Gasteiger partial charge in [-0.2, -0.15) is 0 Å². The molecule has 0 aromatic carbocycles. The van der Waals surface area contributed by atoms with Crippen molar-refractivity contribution in [2.45, 2.75) is 64.3 Å². The largest absolute Gasteiger partial charge is 0.413 e. The predicted molar refractivity (Wildman–Crippen MR) is 74.6 cm³/mol. The fourth-order valence-corrected chi connectivity index (χ4v) is 3.43. The Hall–Kier alpha value is -0.413. The lowest BCUT2D eigenvalue weighted by atomic mass is 10.0. The van der Waals surface area contributed by atoms with Crippen molar-refractivity contribution in [1.29, 1.82) is 0 Å². The van der Waals surface area contributed by atoms with Crippen molar-refractivity contribution in [1.82, 2.24) is 0 Å². The minimum atomic E-state index is -1.76. The molecular formula is C14H26O2Si. The molecule has 0 aromatic heterocycles. The molecule has 1 aliphatic carbocycles. The van der Waals surface area contributed by atoms with Crippen LogP contribution in [0.2, 0.25) is 18.1 Å². The van der Waals surface area contributed by atoms with Crippen LogP contribution in [-0.2, 0) is 9.22 Å². The molecule has 1 rings (SSSR count). The Morgan fingerprint density at radius 1 is 1.41 bits per heavy atom. The quantitative estimate of drug-likeness (QED) is 0.561. The van der Waals surface area contributed by atoms with Gasteiger partial charge in [-0.05, 0) is 30.5 Å². The van der Waals surface area contributed by atoms with E-state index in [4.69, 9.17) is 4.43 Å². The third-order valence-electron chi connectivity index (χ3n) is 4.17. The molecule has 0 amide bonds. The number of allylic oxidation sites excluding steroid dienone is 1. The van der Waals surface area contributed by atoms with Gasteiger partial charge in [0.15, 0.2) is 8.32 Å². The van der Waals surface area contributed by atoms with Gasteiger partial charge in [-0.1, -0.05) is 26.8 Å². The summed E-state index contributed by atoms with van der Waals surface area (Å²) >= 11 is 0. The van der Waals surface area contributed by atoms with Gasteiger partial charge in [-0.25, -0.2) is 0 Å². The summed E-state index contributed by atoms with van der Waals surface area (Å²) in [6.45, 7) is 15.0. The Labute approximate surface area is 107 Å². The highest BCUT2D eigenvalue weighted by atomic mass is 28.4. The molecule has 0 heterocycles. The average molecular weight is 254 g/mol. The fourth-order valence-electron chi connectivity index (χ4n) is 2.04. The van der Waals surface area contributed by atoms with Crippen molar-refractivity contribution in [3.63, 3.8) is 0 Å². The lowest BCUT2D eigenvalue weighted by Crippen LogP contribution is -2.44. The van der Waals surface area contributed by atoms with Crippen molar-refractivity contribution in [2.24, 2.45) is 5.92 Å². The minimum Gasteiger partial charge on any atom is -0.413 e. The third kappa shape index (κ3) is 3.52. The minimum absolute atomic E-state index is 0.126. The normalized spacial score (nSPS) is 26.3. The molecule has 0 bridgehead atoms. The maximum atomic E-state index is 11.6. The number of rotatable bonds is 4. The molecule has 0 aromatic rings. The summed E-state index contributed by atoms with van der Waals surface area (Å²) < 4.78 is 6.37. The van der Waals surface area contributed by atoms with Gasteiger partial charge in [0.2, 0.25) is 0 Å². The number of ketones is 1. The Morgan fingerprint density at radius 3 is 2.47 bits per heavy atom. The Balaban J connectivity index is 2.73. The van der Waals surface area contributed by atoms with Gasteiger partial charge in [0.05, 0.1) is 6.10 Å². The summed E-state index contributed by atoms with van der Waals surface area (Å²) in [6, 6.07) is 0. The summed E-state index contributed by atoms with van der Waals surface area (Å²) in [6.07, 6.45) is 4.20. The first-order chi connectivity index (χ1) is 7.67. The molecule has 0 saturated heterocycles. The van der Waals surface area contributed by atoms with E-state index in [2.05, 4.69) is 40.4 Å². The van der Waals surface area contributed by atoms with E-state index in [0.29, 0.717) is 24.5 Å². The van der Waals surface area contributed by atoms with Crippen molar-refractivity contribution >= 4 is 14.1 Å². The van der Waals surface area contributed by atoms with Gasteiger partial charge in [-0.3, -0.25) is 4.79 Å². The van der Waals surface area contributed by atoms with E-state index < -0.39 is 8.32 Å². The number of Topliss-reactive ketones (excluding diaryl/α,β-unsaturated/α-hetero) is 1. The van der Waals surface area contributed by atoms with Gasteiger partial charge in [-0.15, -0.1) is 6.58 Å². The van der Waals surface area contributed by atoms with Crippen LogP contribution in [0.1, 0.15) is 40.0 Å². The van der Waals surface area contributed by atoms with Crippen molar-refractivity contribution in [3.8, 4) is 0 Å².